The molecule has 4 atom stereocenters. The Morgan fingerprint density at radius 1 is 1.35 bits per heavy atom. The van der Waals surface area contributed by atoms with Crippen molar-refractivity contribution in [3.05, 3.63) is 0 Å². The fourth-order valence-electron chi connectivity index (χ4n) is 3.85. The van der Waals surface area contributed by atoms with Crippen LogP contribution in [-0.2, 0) is 14.3 Å². The molecule has 0 aromatic carbocycles. The highest BCUT2D eigenvalue weighted by atomic mass is 16.6. The number of hydrogen-bond acceptors (Lipinski definition) is 5. The lowest BCUT2D eigenvalue weighted by molar-refractivity contribution is -0.165. The molecule has 2 fully saturated rings. The molecule has 0 aromatic heterocycles. The molecule has 0 amide bonds. The van der Waals surface area contributed by atoms with Gasteiger partial charge in [-0.2, -0.15) is 0 Å². The predicted octanol–water partition coefficient (Wildman–Crippen LogP) is 1.63. The zero-order valence-electron chi connectivity index (χ0n) is 14.7. The molecular formula is C17H30N2O4. The van der Waals surface area contributed by atoms with Crippen LogP contribution < -0.4 is 5.32 Å². The maximum atomic E-state index is 12.9. The van der Waals surface area contributed by atoms with Gasteiger partial charge in [-0.15, -0.1) is 0 Å². The molecule has 132 valence electrons. The van der Waals surface area contributed by atoms with Crippen LogP contribution in [0.3, 0.4) is 0 Å². The van der Waals surface area contributed by atoms with Crippen LogP contribution in [0, 0.1) is 5.92 Å². The normalized spacial score (nSPS) is 30.3. The molecule has 2 aliphatic rings. The number of rotatable bonds is 5. The summed E-state index contributed by atoms with van der Waals surface area (Å²) in [5, 5.41) is 12.9. The Labute approximate surface area is 138 Å². The van der Waals surface area contributed by atoms with Crippen LogP contribution in [-0.4, -0.2) is 58.8 Å². The first-order chi connectivity index (χ1) is 10.7. The highest BCUT2D eigenvalue weighted by molar-refractivity contribution is 5.80. The highest BCUT2D eigenvalue weighted by Gasteiger charge is 2.47. The van der Waals surface area contributed by atoms with Gasteiger partial charge in [0, 0.05) is 6.04 Å². The van der Waals surface area contributed by atoms with Crippen LogP contribution in [0.1, 0.15) is 53.4 Å². The summed E-state index contributed by atoms with van der Waals surface area (Å²) < 4.78 is 5.63. The van der Waals surface area contributed by atoms with Gasteiger partial charge in [-0.05, 0) is 59.0 Å². The first-order valence-corrected chi connectivity index (χ1v) is 8.69. The topological polar surface area (TPSA) is 78.9 Å². The van der Waals surface area contributed by atoms with Crippen molar-refractivity contribution in [2.45, 2.75) is 77.1 Å². The maximum absolute atomic E-state index is 12.9. The second-order valence-corrected chi connectivity index (χ2v) is 7.65. The molecular weight excluding hydrogens is 296 g/mol. The van der Waals surface area contributed by atoms with Crippen molar-refractivity contribution in [3.63, 3.8) is 0 Å². The molecule has 2 rings (SSSR count). The van der Waals surface area contributed by atoms with Gasteiger partial charge in [0.25, 0.3) is 0 Å². The summed E-state index contributed by atoms with van der Waals surface area (Å²) in [5.41, 5.74) is -0.575. The molecule has 1 unspecified atom stereocenters. The Morgan fingerprint density at radius 2 is 2.04 bits per heavy atom. The Morgan fingerprint density at radius 3 is 2.61 bits per heavy atom. The van der Waals surface area contributed by atoms with Crippen LogP contribution in [0.25, 0.3) is 0 Å². The summed E-state index contributed by atoms with van der Waals surface area (Å²) in [6.45, 7) is 9.17. The zero-order valence-corrected chi connectivity index (χ0v) is 14.7. The number of nitrogens with zero attached hydrogens (tertiary/aromatic N) is 1. The average Bonchev–Trinajstić information content (AvgIpc) is 3.06. The minimum atomic E-state index is -0.845. The first-order valence-electron chi connectivity index (χ1n) is 8.69. The summed E-state index contributed by atoms with van der Waals surface area (Å²) in [7, 11) is 0. The molecule has 0 bridgehead atoms. The van der Waals surface area contributed by atoms with E-state index in [0.717, 1.165) is 25.8 Å². The van der Waals surface area contributed by atoms with Crippen molar-refractivity contribution in [2.75, 3.05) is 13.1 Å². The molecule has 0 radical (unpaired) electrons. The molecule has 0 aromatic rings. The number of aliphatic carboxylic acids is 1. The van der Waals surface area contributed by atoms with Gasteiger partial charge in [-0.1, -0.05) is 13.3 Å². The van der Waals surface area contributed by atoms with Gasteiger partial charge in [0.05, 0.1) is 0 Å². The minimum Gasteiger partial charge on any atom is -0.480 e. The summed E-state index contributed by atoms with van der Waals surface area (Å²) >= 11 is 0. The standard InChI is InChI=1S/C17H30N2O4/c1-5-11-8-9-18-13(11)14(16(22)23-17(2,3)4)19-10-6-7-12(19)15(20)21/h11-14,18H,5-10H2,1-4H3,(H,20,21)/t11-,12-,13-,14?/m0/s1. The second kappa shape index (κ2) is 7.18. The fourth-order valence-corrected chi connectivity index (χ4v) is 3.85. The summed E-state index contributed by atoms with van der Waals surface area (Å²) in [6.07, 6.45) is 3.40. The van der Waals surface area contributed by atoms with E-state index in [4.69, 9.17) is 4.74 Å². The summed E-state index contributed by atoms with van der Waals surface area (Å²) in [5.74, 6) is -0.770. The van der Waals surface area contributed by atoms with E-state index in [-0.39, 0.29) is 12.0 Å². The van der Waals surface area contributed by atoms with E-state index in [0.29, 0.717) is 18.9 Å². The predicted molar refractivity (Wildman–Crippen MR) is 87.2 cm³/mol. The fraction of sp³-hybridized carbons (Fsp3) is 0.882. The number of carbonyl (C=O) groups excluding carboxylic acids is 1. The van der Waals surface area contributed by atoms with Crippen molar-refractivity contribution in [1.29, 1.82) is 0 Å². The van der Waals surface area contributed by atoms with Crippen LogP contribution in [0.5, 0.6) is 0 Å². The Bertz CT molecular complexity index is 446. The van der Waals surface area contributed by atoms with Gasteiger partial charge in [-0.3, -0.25) is 14.5 Å². The number of nitrogens with one attached hydrogen (secondary N) is 1. The molecule has 2 heterocycles. The molecule has 6 nitrogen and oxygen atoms in total. The lowest BCUT2D eigenvalue weighted by atomic mass is 9.90. The molecule has 2 N–H and O–H groups in total. The third kappa shape index (κ3) is 4.23. The van der Waals surface area contributed by atoms with Crippen LogP contribution in [0.4, 0.5) is 0 Å². The van der Waals surface area contributed by atoms with Gasteiger partial charge in [0.1, 0.15) is 17.7 Å². The number of carbonyl (C=O) groups is 2. The van der Waals surface area contributed by atoms with Crippen molar-refractivity contribution < 1.29 is 19.4 Å². The van der Waals surface area contributed by atoms with E-state index in [1.165, 1.54) is 0 Å². The third-order valence-corrected chi connectivity index (χ3v) is 4.85. The Kier molecular flexibility index (Phi) is 5.68. The molecule has 2 saturated heterocycles. The number of likely N-dealkylation sites (tertiary alicyclic amines) is 1. The van der Waals surface area contributed by atoms with Crippen LogP contribution in [0.15, 0.2) is 0 Å². The summed E-state index contributed by atoms with van der Waals surface area (Å²) in [6, 6.07) is -1.15. The smallest absolute Gasteiger partial charge is 0.325 e. The van der Waals surface area contributed by atoms with Crippen molar-refractivity contribution >= 4 is 11.9 Å². The molecule has 6 heteroatoms. The first kappa shape index (κ1) is 18.2. The largest absolute Gasteiger partial charge is 0.480 e. The van der Waals surface area contributed by atoms with Crippen molar-refractivity contribution in [1.82, 2.24) is 10.2 Å². The van der Waals surface area contributed by atoms with Gasteiger partial charge in [0.2, 0.25) is 0 Å². The Hall–Kier alpha value is -1.14. The average molecular weight is 326 g/mol. The van der Waals surface area contributed by atoms with E-state index in [1.807, 2.05) is 25.7 Å². The SMILES string of the molecule is CC[C@H]1CCN[C@@H]1C(C(=O)OC(C)(C)C)N1CCC[C@H]1C(=O)O. The summed E-state index contributed by atoms with van der Waals surface area (Å²) in [4.78, 5) is 26.3. The van der Waals surface area contributed by atoms with E-state index in [1.54, 1.807) is 0 Å². The highest BCUT2D eigenvalue weighted by Crippen LogP contribution is 2.30. The van der Waals surface area contributed by atoms with Gasteiger partial charge >= 0.3 is 11.9 Å². The molecule has 0 aliphatic carbocycles. The molecule has 2 aliphatic heterocycles. The quantitative estimate of drug-likeness (QED) is 0.748. The van der Waals surface area contributed by atoms with Gasteiger partial charge in [0.15, 0.2) is 0 Å². The lowest BCUT2D eigenvalue weighted by Gasteiger charge is -2.37. The number of carboxylic acids is 1. The van der Waals surface area contributed by atoms with E-state index in [2.05, 4.69) is 12.2 Å². The van der Waals surface area contributed by atoms with Gasteiger partial charge < -0.3 is 15.2 Å². The van der Waals surface area contributed by atoms with Crippen molar-refractivity contribution in [2.24, 2.45) is 5.92 Å². The van der Waals surface area contributed by atoms with Crippen LogP contribution in [0.2, 0.25) is 0 Å². The second-order valence-electron chi connectivity index (χ2n) is 7.65. The molecule has 23 heavy (non-hydrogen) atoms. The number of hydrogen-bond donors (Lipinski definition) is 2. The Balaban J connectivity index is 2.27. The maximum Gasteiger partial charge on any atom is 0.325 e. The van der Waals surface area contributed by atoms with Gasteiger partial charge in [-0.25, -0.2) is 0 Å². The van der Waals surface area contributed by atoms with Crippen LogP contribution >= 0.6 is 0 Å². The van der Waals surface area contributed by atoms with E-state index < -0.39 is 23.7 Å². The minimum absolute atomic E-state index is 0.0326. The number of ether oxygens (including phenoxy) is 1. The monoisotopic (exact) mass is 326 g/mol. The van der Waals surface area contributed by atoms with E-state index in [9.17, 15) is 14.7 Å². The number of esters is 1. The van der Waals surface area contributed by atoms with Crippen molar-refractivity contribution in [3.8, 4) is 0 Å². The molecule has 0 spiro atoms. The lowest BCUT2D eigenvalue weighted by Crippen LogP contribution is -2.58. The van der Waals surface area contributed by atoms with E-state index >= 15 is 0 Å². The zero-order chi connectivity index (χ0) is 17.2. The number of carboxylic acid groups (broad SMARTS) is 1. The third-order valence-electron chi connectivity index (χ3n) is 4.85. The molecule has 0 saturated carbocycles.